The van der Waals surface area contributed by atoms with Crippen LogP contribution >= 0.6 is 0 Å². The van der Waals surface area contributed by atoms with Crippen molar-refractivity contribution in [3.05, 3.63) is 71.8 Å². The van der Waals surface area contributed by atoms with E-state index in [0.717, 1.165) is 18.4 Å². The van der Waals surface area contributed by atoms with Gasteiger partial charge in [0, 0.05) is 12.1 Å². The fourth-order valence-electron chi connectivity index (χ4n) is 1.28. The number of carbonyl (C=O) groups excluding carboxylic acids is 1. The van der Waals surface area contributed by atoms with Crippen LogP contribution in [0.1, 0.15) is 15.9 Å². The van der Waals surface area contributed by atoms with Gasteiger partial charge in [0.15, 0.2) is 0 Å². The van der Waals surface area contributed by atoms with Crippen LogP contribution in [0.2, 0.25) is 0 Å². The second-order valence-electron chi connectivity index (χ2n) is 3.54. The van der Waals surface area contributed by atoms with Crippen molar-refractivity contribution in [2.24, 2.45) is 0 Å². The summed E-state index contributed by atoms with van der Waals surface area (Å²) in [5.74, 6) is 0. The van der Waals surface area contributed by atoms with Crippen molar-refractivity contribution >= 4 is 6.29 Å². The van der Waals surface area contributed by atoms with Gasteiger partial charge in [-0.05, 0) is 5.56 Å². The first-order chi connectivity index (χ1) is 8.86. The highest BCUT2D eigenvalue weighted by Crippen LogP contribution is 1.96. The Morgan fingerprint density at radius 1 is 1.00 bits per heavy atom. The minimum atomic E-state index is 0.729. The predicted octanol–water partition coefficient (Wildman–Crippen LogP) is 2.84. The number of rotatable bonds is 4. The average molecular weight is 243 g/mol. The van der Waals surface area contributed by atoms with Gasteiger partial charge in [-0.2, -0.15) is 5.48 Å². The van der Waals surface area contributed by atoms with Crippen molar-refractivity contribution in [3.63, 3.8) is 0 Å². The Bertz CT molecular complexity index is 429. The molecule has 2 aromatic carbocycles. The Kier molecular flexibility index (Phi) is 7.13. The number of nitrogens with one attached hydrogen (secondary N) is 1. The van der Waals surface area contributed by atoms with Crippen molar-refractivity contribution < 1.29 is 9.63 Å². The van der Waals surface area contributed by atoms with Crippen molar-refractivity contribution in [1.82, 2.24) is 5.48 Å². The summed E-state index contributed by atoms with van der Waals surface area (Å²) in [5.41, 5.74) is 4.72. The van der Waals surface area contributed by atoms with Gasteiger partial charge in [-0.3, -0.25) is 4.79 Å². The summed E-state index contributed by atoms with van der Waals surface area (Å²) in [4.78, 5) is 14.7. The van der Waals surface area contributed by atoms with Crippen LogP contribution in [0.25, 0.3) is 0 Å². The number of hydroxylamine groups is 1. The fraction of sp³-hybridized carbons (Fsp3) is 0.133. The van der Waals surface area contributed by atoms with Crippen LogP contribution in [-0.2, 0) is 11.4 Å². The lowest BCUT2D eigenvalue weighted by molar-refractivity contribution is 0.0867. The summed E-state index contributed by atoms with van der Waals surface area (Å²) >= 11 is 0. The van der Waals surface area contributed by atoms with E-state index in [0.29, 0.717) is 0 Å². The molecule has 0 aliphatic heterocycles. The van der Waals surface area contributed by atoms with Gasteiger partial charge in [0.05, 0.1) is 7.11 Å². The molecule has 0 fully saturated rings. The number of hydrogen-bond donors (Lipinski definition) is 1. The van der Waals surface area contributed by atoms with Gasteiger partial charge in [-0.15, -0.1) is 0 Å². The maximum absolute atomic E-state index is 10.0. The van der Waals surface area contributed by atoms with Gasteiger partial charge in [0.25, 0.3) is 0 Å². The van der Waals surface area contributed by atoms with Crippen LogP contribution < -0.4 is 5.48 Å². The number of benzene rings is 2. The van der Waals surface area contributed by atoms with E-state index in [4.69, 9.17) is 4.84 Å². The summed E-state index contributed by atoms with van der Waals surface area (Å²) < 4.78 is 0. The molecule has 0 aliphatic rings. The third-order valence-corrected chi connectivity index (χ3v) is 2.20. The van der Waals surface area contributed by atoms with Crippen molar-refractivity contribution in [3.8, 4) is 0 Å². The molecule has 0 atom stereocenters. The summed E-state index contributed by atoms with van der Waals surface area (Å²) in [6.07, 6.45) is 0.833. The Morgan fingerprint density at radius 3 is 2.00 bits per heavy atom. The van der Waals surface area contributed by atoms with E-state index in [1.807, 2.05) is 48.5 Å². The van der Waals surface area contributed by atoms with Crippen molar-refractivity contribution in [2.75, 3.05) is 7.11 Å². The van der Waals surface area contributed by atoms with Crippen molar-refractivity contribution in [1.29, 1.82) is 0 Å². The Balaban J connectivity index is 0.000000184. The molecule has 0 aliphatic carbocycles. The first kappa shape index (κ1) is 14.1. The molecule has 2 rings (SSSR count). The molecule has 0 bridgehead atoms. The molecule has 3 heteroatoms. The van der Waals surface area contributed by atoms with Crippen LogP contribution in [0.5, 0.6) is 0 Å². The molecule has 0 aromatic heterocycles. The van der Waals surface area contributed by atoms with Crippen molar-refractivity contribution in [2.45, 2.75) is 6.54 Å². The van der Waals surface area contributed by atoms with Gasteiger partial charge in [0.1, 0.15) is 6.29 Å². The number of carbonyl (C=O) groups is 1. The molecular formula is C15H17NO2. The first-order valence-corrected chi connectivity index (χ1v) is 5.67. The van der Waals surface area contributed by atoms with Crippen LogP contribution in [0.4, 0.5) is 0 Å². The largest absolute Gasteiger partial charge is 0.305 e. The molecule has 0 heterocycles. The van der Waals surface area contributed by atoms with Crippen LogP contribution in [0, 0.1) is 0 Å². The van der Waals surface area contributed by atoms with E-state index in [1.165, 1.54) is 5.56 Å². The van der Waals surface area contributed by atoms with Gasteiger partial charge in [0.2, 0.25) is 0 Å². The Hall–Kier alpha value is -1.97. The second-order valence-corrected chi connectivity index (χ2v) is 3.54. The van der Waals surface area contributed by atoms with E-state index in [1.54, 1.807) is 19.2 Å². The zero-order chi connectivity index (χ0) is 13.1. The Labute approximate surface area is 107 Å². The minimum Gasteiger partial charge on any atom is -0.305 e. The lowest BCUT2D eigenvalue weighted by Gasteiger charge is -1.99. The van der Waals surface area contributed by atoms with Crippen LogP contribution in [-0.4, -0.2) is 13.4 Å². The third-order valence-electron chi connectivity index (χ3n) is 2.20. The summed E-state index contributed by atoms with van der Waals surface area (Å²) in [6.45, 7) is 0.761. The van der Waals surface area contributed by atoms with E-state index in [2.05, 4.69) is 5.48 Å². The lowest BCUT2D eigenvalue weighted by atomic mass is 10.2. The minimum absolute atomic E-state index is 0.729. The average Bonchev–Trinajstić information content (AvgIpc) is 2.48. The molecule has 18 heavy (non-hydrogen) atoms. The highest BCUT2D eigenvalue weighted by atomic mass is 16.6. The molecule has 0 radical (unpaired) electrons. The molecule has 94 valence electrons. The zero-order valence-corrected chi connectivity index (χ0v) is 10.4. The van der Waals surface area contributed by atoms with Gasteiger partial charge < -0.3 is 4.84 Å². The topological polar surface area (TPSA) is 38.3 Å². The fourth-order valence-corrected chi connectivity index (χ4v) is 1.28. The first-order valence-electron chi connectivity index (χ1n) is 5.67. The van der Waals surface area contributed by atoms with E-state index in [9.17, 15) is 4.79 Å². The summed E-state index contributed by atoms with van der Waals surface area (Å²) in [6, 6.07) is 19.2. The molecule has 0 spiro atoms. The molecule has 0 saturated heterocycles. The second kappa shape index (κ2) is 9.10. The molecule has 3 nitrogen and oxygen atoms in total. The SMILES string of the molecule is CONCc1ccccc1.O=Cc1ccccc1. The van der Waals surface area contributed by atoms with E-state index >= 15 is 0 Å². The lowest BCUT2D eigenvalue weighted by Crippen LogP contribution is -2.10. The molecule has 0 unspecified atom stereocenters. The molecule has 1 N–H and O–H groups in total. The summed E-state index contributed by atoms with van der Waals surface area (Å²) in [7, 11) is 1.61. The molecule has 0 amide bonds. The van der Waals surface area contributed by atoms with Gasteiger partial charge >= 0.3 is 0 Å². The normalized spacial score (nSPS) is 9.17. The van der Waals surface area contributed by atoms with Crippen LogP contribution in [0.15, 0.2) is 60.7 Å². The summed E-state index contributed by atoms with van der Waals surface area (Å²) in [5, 5.41) is 0. The van der Waals surface area contributed by atoms with Crippen LogP contribution in [0.3, 0.4) is 0 Å². The third kappa shape index (κ3) is 5.94. The van der Waals surface area contributed by atoms with E-state index in [-0.39, 0.29) is 0 Å². The molecule has 0 saturated carbocycles. The van der Waals surface area contributed by atoms with Gasteiger partial charge in [-0.25, -0.2) is 0 Å². The highest BCUT2D eigenvalue weighted by Gasteiger charge is 1.86. The predicted molar refractivity (Wildman–Crippen MR) is 72.1 cm³/mol. The van der Waals surface area contributed by atoms with E-state index < -0.39 is 0 Å². The highest BCUT2D eigenvalue weighted by molar-refractivity contribution is 5.74. The zero-order valence-electron chi connectivity index (χ0n) is 10.4. The maximum Gasteiger partial charge on any atom is 0.150 e. The Morgan fingerprint density at radius 2 is 1.56 bits per heavy atom. The quantitative estimate of drug-likeness (QED) is 0.663. The molecule has 2 aromatic rings. The smallest absolute Gasteiger partial charge is 0.150 e. The number of hydrogen-bond acceptors (Lipinski definition) is 3. The van der Waals surface area contributed by atoms with Gasteiger partial charge in [-0.1, -0.05) is 60.7 Å². The maximum atomic E-state index is 10.0. The number of aldehydes is 1. The molecular weight excluding hydrogens is 226 g/mol. The standard InChI is InChI=1S/C8H11NO.C7H6O/c1-10-9-7-8-5-3-2-4-6-8;8-6-7-4-2-1-3-5-7/h2-6,9H,7H2,1H3;1-6H. The monoisotopic (exact) mass is 243 g/mol.